The van der Waals surface area contributed by atoms with Crippen LogP contribution < -0.4 is 5.32 Å². The standard InChI is InChI=1S/C19H19ClN4O2/c1-12-5-6-17-16(7-12)18(23-26-17)19(25)22-15-9-21-24(11-15)10-13-3-2-4-14(20)8-13/h2-4,8-9,11-12H,5-7,10H2,1H3,(H,22,25). The van der Waals surface area contributed by atoms with Gasteiger partial charge in [0.05, 0.1) is 18.4 Å². The molecule has 0 aliphatic heterocycles. The molecule has 134 valence electrons. The van der Waals surface area contributed by atoms with Crippen molar-refractivity contribution in [2.45, 2.75) is 32.7 Å². The van der Waals surface area contributed by atoms with Crippen molar-refractivity contribution >= 4 is 23.2 Å². The molecule has 1 atom stereocenters. The van der Waals surface area contributed by atoms with Gasteiger partial charge in [0.2, 0.25) is 0 Å². The maximum atomic E-state index is 12.6. The summed E-state index contributed by atoms with van der Waals surface area (Å²) in [5, 5.41) is 11.8. The van der Waals surface area contributed by atoms with Crippen LogP contribution >= 0.6 is 11.6 Å². The highest BCUT2D eigenvalue weighted by Gasteiger charge is 2.27. The number of halogens is 1. The Balaban J connectivity index is 1.46. The van der Waals surface area contributed by atoms with E-state index in [2.05, 4.69) is 22.5 Å². The van der Waals surface area contributed by atoms with Gasteiger partial charge in [-0.1, -0.05) is 35.8 Å². The van der Waals surface area contributed by atoms with Crippen LogP contribution in [-0.4, -0.2) is 20.8 Å². The van der Waals surface area contributed by atoms with Crippen molar-refractivity contribution in [3.05, 3.63) is 64.3 Å². The van der Waals surface area contributed by atoms with Gasteiger partial charge in [-0.05, 0) is 36.5 Å². The third-order valence-corrected chi connectivity index (χ3v) is 4.86. The van der Waals surface area contributed by atoms with E-state index in [4.69, 9.17) is 16.1 Å². The van der Waals surface area contributed by atoms with Gasteiger partial charge in [0.25, 0.3) is 5.91 Å². The molecule has 0 radical (unpaired) electrons. The summed E-state index contributed by atoms with van der Waals surface area (Å²) in [6.07, 6.45) is 6.15. The summed E-state index contributed by atoms with van der Waals surface area (Å²) in [5.74, 6) is 1.12. The number of anilines is 1. The average molecular weight is 371 g/mol. The van der Waals surface area contributed by atoms with Crippen LogP contribution in [0, 0.1) is 5.92 Å². The van der Waals surface area contributed by atoms with Gasteiger partial charge in [-0.15, -0.1) is 0 Å². The van der Waals surface area contributed by atoms with Crippen LogP contribution in [0.3, 0.4) is 0 Å². The number of hydrogen-bond acceptors (Lipinski definition) is 4. The summed E-state index contributed by atoms with van der Waals surface area (Å²) in [4.78, 5) is 12.6. The highest BCUT2D eigenvalue weighted by atomic mass is 35.5. The predicted octanol–water partition coefficient (Wildman–Crippen LogP) is 3.95. The topological polar surface area (TPSA) is 73.0 Å². The Morgan fingerprint density at radius 3 is 3.19 bits per heavy atom. The number of benzene rings is 1. The third-order valence-electron chi connectivity index (χ3n) is 4.63. The monoisotopic (exact) mass is 370 g/mol. The van der Waals surface area contributed by atoms with Crippen molar-refractivity contribution < 1.29 is 9.32 Å². The molecule has 26 heavy (non-hydrogen) atoms. The average Bonchev–Trinajstić information content (AvgIpc) is 3.21. The summed E-state index contributed by atoms with van der Waals surface area (Å²) in [6.45, 7) is 2.75. The van der Waals surface area contributed by atoms with Gasteiger partial charge in [0.15, 0.2) is 5.69 Å². The molecular weight excluding hydrogens is 352 g/mol. The van der Waals surface area contributed by atoms with Gasteiger partial charge in [0.1, 0.15) is 5.76 Å². The number of rotatable bonds is 4. The van der Waals surface area contributed by atoms with Crippen molar-refractivity contribution in [1.82, 2.24) is 14.9 Å². The van der Waals surface area contributed by atoms with Crippen LogP contribution in [0.1, 0.15) is 40.7 Å². The number of aryl methyl sites for hydroxylation is 1. The second kappa shape index (κ2) is 6.96. The van der Waals surface area contributed by atoms with E-state index < -0.39 is 0 Å². The van der Waals surface area contributed by atoms with E-state index in [1.54, 1.807) is 17.1 Å². The Hall–Kier alpha value is -2.60. The number of aromatic nitrogens is 3. The lowest BCUT2D eigenvalue weighted by Gasteiger charge is -2.16. The number of fused-ring (bicyclic) bond motifs is 1. The normalized spacial score (nSPS) is 16.3. The van der Waals surface area contributed by atoms with Crippen molar-refractivity contribution in [2.75, 3.05) is 5.32 Å². The van der Waals surface area contributed by atoms with E-state index in [0.29, 0.717) is 28.9 Å². The highest BCUT2D eigenvalue weighted by molar-refractivity contribution is 6.30. The van der Waals surface area contributed by atoms with Gasteiger partial charge >= 0.3 is 0 Å². The molecule has 2 heterocycles. The van der Waals surface area contributed by atoms with E-state index in [9.17, 15) is 4.79 Å². The van der Waals surface area contributed by atoms with E-state index >= 15 is 0 Å². The van der Waals surface area contributed by atoms with E-state index in [0.717, 1.165) is 36.1 Å². The molecule has 0 fully saturated rings. The van der Waals surface area contributed by atoms with Gasteiger partial charge < -0.3 is 9.84 Å². The molecule has 2 aromatic heterocycles. The SMILES string of the molecule is CC1CCc2onc(C(=O)Nc3cnn(Cc4cccc(Cl)c4)c3)c2C1. The number of carbonyl (C=O) groups excluding carboxylic acids is 1. The summed E-state index contributed by atoms with van der Waals surface area (Å²) in [7, 11) is 0. The second-order valence-electron chi connectivity index (χ2n) is 6.79. The molecule has 1 N–H and O–H groups in total. The maximum absolute atomic E-state index is 12.6. The molecule has 6 nitrogen and oxygen atoms in total. The lowest BCUT2D eigenvalue weighted by atomic mass is 9.88. The van der Waals surface area contributed by atoms with Crippen LogP contribution in [0.25, 0.3) is 0 Å². The summed E-state index contributed by atoms with van der Waals surface area (Å²) >= 11 is 6.01. The largest absolute Gasteiger partial charge is 0.360 e. The first kappa shape index (κ1) is 16.8. The minimum absolute atomic E-state index is 0.258. The molecule has 1 aliphatic rings. The molecule has 1 aromatic carbocycles. The fourth-order valence-corrected chi connectivity index (χ4v) is 3.50. The maximum Gasteiger partial charge on any atom is 0.278 e. The highest BCUT2D eigenvalue weighted by Crippen LogP contribution is 2.28. The zero-order valence-electron chi connectivity index (χ0n) is 14.4. The van der Waals surface area contributed by atoms with Crippen molar-refractivity contribution in [3.63, 3.8) is 0 Å². The Morgan fingerprint density at radius 1 is 1.46 bits per heavy atom. The van der Waals surface area contributed by atoms with Gasteiger partial charge in [-0.25, -0.2) is 0 Å². The fraction of sp³-hybridized carbons (Fsp3) is 0.316. The first-order valence-electron chi connectivity index (χ1n) is 8.64. The molecule has 1 amide bonds. The van der Waals surface area contributed by atoms with E-state index in [-0.39, 0.29) is 5.91 Å². The van der Waals surface area contributed by atoms with Crippen molar-refractivity contribution in [1.29, 1.82) is 0 Å². The number of hydrogen-bond donors (Lipinski definition) is 1. The van der Waals surface area contributed by atoms with Gasteiger partial charge in [0, 0.05) is 23.2 Å². The first-order valence-corrected chi connectivity index (χ1v) is 9.02. The Morgan fingerprint density at radius 2 is 2.35 bits per heavy atom. The molecule has 0 bridgehead atoms. The van der Waals surface area contributed by atoms with Crippen LogP contribution in [0.5, 0.6) is 0 Å². The Kier molecular flexibility index (Phi) is 4.51. The number of carbonyl (C=O) groups is 1. The van der Waals surface area contributed by atoms with Gasteiger partial charge in [-0.3, -0.25) is 9.48 Å². The first-order chi connectivity index (χ1) is 12.6. The van der Waals surface area contributed by atoms with Crippen molar-refractivity contribution in [3.8, 4) is 0 Å². The molecule has 0 spiro atoms. The van der Waals surface area contributed by atoms with Crippen LogP contribution in [0.4, 0.5) is 5.69 Å². The van der Waals surface area contributed by atoms with Crippen LogP contribution in [0.2, 0.25) is 5.02 Å². The summed E-state index contributed by atoms with van der Waals surface area (Å²) in [6, 6.07) is 7.61. The zero-order chi connectivity index (χ0) is 18.1. The number of amides is 1. The lowest BCUT2D eigenvalue weighted by molar-refractivity contribution is 0.101. The number of nitrogens with one attached hydrogen (secondary N) is 1. The number of nitrogens with zero attached hydrogens (tertiary/aromatic N) is 3. The lowest BCUT2D eigenvalue weighted by Crippen LogP contribution is -2.17. The smallest absolute Gasteiger partial charge is 0.278 e. The Bertz CT molecular complexity index is 947. The quantitative estimate of drug-likeness (QED) is 0.754. The molecule has 0 saturated heterocycles. The summed E-state index contributed by atoms with van der Waals surface area (Å²) < 4.78 is 7.10. The molecule has 1 aliphatic carbocycles. The van der Waals surface area contributed by atoms with Gasteiger partial charge in [-0.2, -0.15) is 5.10 Å². The predicted molar refractivity (Wildman–Crippen MR) is 98.4 cm³/mol. The second-order valence-corrected chi connectivity index (χ2v) is 7.23. The molecule has 7 heteroatoms. The van der Waals surface area contributed by atoms with Crippen molar-refractivity contribution in [2.24, 2.45) is 5.92 Å². The molecule has 4 rings (SSSR count). The third kappa shape index (κ3) is 3.51. The summed E-state index contributed by atoms with van der Waals surface area (Å²) in [5.41, 5.74) is 2.98. The molecule has 1 unspecified atom stereocenters. The van der Waals surface area contributed by atoms with Crippen LogP contribution in [0.15, 0.2) is 41.2 Å². The van der Waals surface area contributed by atoms with E-state index in [1.807, 2.05) is 24.3 Å². The van der Waals surface area contributed by atoms with Crippen LogP contribution in [-0.2, 0) is 19.4 Å². The molecular formula is C19H19ClN4O2. The fourth-order valence-electron chi connectivity index (χ4n) is 3.28. The molecule has 3 aromatic rings. The minimum Gasteiger partial charge on any atom is -0.360 e. The van der Waals surface area contributed by atoms with E-state index in [1.165, 1.54) is 0 Å². The minimum atomic E-state index is -0.258. The molecule has 0 saturated carbocycles. The zero-order valence-corrected chi connectivity index (χ0v) is 15.2. The Labute approximate surface area is 156 Å².